The van der Waals surface area contributed by atoms with Crippen LogP contribution in [0, 0.1) is 20.8 Å². The monoisotopic (exact) mass is 221 g/mol. The zero-order valence-electron chi connectivity index (χ0n) is 10.1. The number of β-amino-alcohol motifs (C(OH)–C–C–N with tert-alkyl or cyclic N) is 1. The molecule has 1 saturated heterocycles. The molecule has 0 spiro atoms. The lowest BCUT2D eigenvalue weighted by molar-refractivity contribution is 0.0728. The highest BCUT2D eigenvalue weighted by molar-refractivity contribution is 5.44. The van der Waals surface area contributed by atoms with E-state index in [-0.39, 0.29) is 6.10 Å². The van der Waals surface area contributed by atoms with Crippen molar-refractivity contribution < 1.29 is 9.84 Å². The third-order valence-corrected chi connectivity index (χ3v) is 3.27. The molecule has 0 unspecified atom stereocenters. The Morgan fingerprint density at radius 1 is 1.19 bits per heavy atom. The van der Waals surface area contributed by atoms with E-state index in [4.69, 9.17) is 4.74 Å². The van der Waals surface area contributed by atoms with E-state index in [0.29, 0.717) is 13.1 Å². The Morgan fingerprint density at radius 3 is 2.50 bits per heavy atom. The van der Waals surface area contributed by atoms with Gasteiger partial charge < -0.3 is 15.2 Å². The molecule has 0 saturated carbocycles. The summed E-state index contributed by atoms with van der Waals surface area (Å²) in [6.07, 6.45) is -0.529. The maximum Gasteiger partial charge on any atom is 0.138 e. The summed E-state index contributed by atoms with van der Waals surface area (Å²) in [6.45, 7) is 7.51. The second-order valence-electron chi connectivity index (χ2n) is 4.54. The number of benzene rings is 1. The fraction of sp³-hybridized carbons (Fsp3) is 0.538. The van der Waals surface area contributed by atoms with Crippen LogP contribution in [0.25, 0.3) is 0 Å². The summed E-state index contributed by atoms with van der Waals surface area (Å²) >= 11 is 0. The molecular formula is C13H19NO2. The van der Waals surface area contributed by atoms with Crippen molar-refractivity contribution in [2.75, 3.05) is 13.1 Å². The largest absolute Gasteiger partial charge is 0.486 e. The number of nitrogens with one attached hydrogen (secondary N) is 1. The van der Waals surface area contributed by atoms with Gasteiger partial charge in [0.2, 0.25) is 0 Å². The first-order valence-electron chi connectivity index (χ1n) is 5.72. The zero-order chi connectivity index (χ0) is 11.7. The van der Waals surface area contributed by atoms with Crippen LogP contribution in [0.5, 0.6) is 5.75 Å². The molecule has 1 aromatic carbocycles. The van der Waals surface area contributed by atoms with Gasteiger partial charge in [-0.05, 0) is 37.5 Å². The lowest BCUT2D eigenvalue weighted by atomic mass is 10.1. The maximum absolute atomic E-state index is 9.71. The molecule has 2 rings (SSSR count). The molecule has 1 aliphatic heterocycles. The molecule has 0 radical (unpaired) electrons. The van der Waals surface area contributed by atoms with Crippen molar-refractivity contribution >= 4 is 0 Å². The molecule has 3 heteroatoms. The van der Waals surface area contributed by atoms with E-state index >= 15 is 0 Å². The molecule has 2 atom stereocenters. The molecule has 1 aliphatic rings. The number of ether oxygens (including phenoxy) is 1. The van der Waals surface area contributed by atoms with Crippen LogP contribution in [0.15, 0.2) is 12.1 Å². The molecular weight excluding hydrogens is 202 g/mol. The van der Waals surface area contributed by atoms with E-state index in [9.17, 15) is 5.11 Å². The summed E-state index contributed by atoms with van der Waals surface area (Å²) in [5, 5.41) is 12.8. The highest BCUT2D eigenvalue weighted by atomic mass is 16.5. The van der Waals surface area contributed by atoms with E-state index in [1.807, 2.05) is 6.92 Å². The Labute approximate surface area is 96.4 Å². The number of hydrogen-bond acceptors (Lipinski definition) is 3. The molecule has 0 aromatic heterocycles. The summed E-state index contributed by atoms with van der Waals surface area (Å²) < 4.78 is 5.92. The van der Waals surface area contributed by atoms with E-state index in [1.54, 1.807) is 0 Å². The van der Waals surface area contributed by atoms with Crippen LogP contribution >= 0.6 is 0 Å². The summed E-state index contributed by atoms with van der Waals surface area (Å²) in [5.74, 6) is 0.924. The lowest BCUT2D eigenvalue weighted by Gasteiger charge is -2.20. The van der Waals surface area contributed by atoms with E-state index < -0.39 is 6.10 Å². The second-order valence-corrected chi connectivity index (χ2v) is 4.54. The molecule has 16 heavy (non-hydrogen) atoms. The van der Waals surface area contributed by atoms with E-state index in [1.165, 1.54) is 11.1 Å². The number of hydrogen-bond donors (Lipinski definition) is 2. The second kappa shape index (κ2) is 4.44. The smallest absolute Gasteiger partial charge is 0.138 e. The third kappa shape index (κ3) is 2.06. The van der Waals surface area contributed by atoms with Crippen molar-refractivity contribution in [1.82, 2.24) is 5.32 Å². The summed E-state index contributed by atoms with van der Waals surface area (Å²) in [4.78, 5) is 0. The van der Waals surface area contributed by atoms with Gasteiger partial charge in [0.05, 0.1) is 0 Å². The van der Waals surface area contributed by atoms with Crippen LogP contribution in [-0.2, 0) is 0 Å². The van der Waals surface area contributed by atoms with Gasteiger partial charge in [-0.25, -0.2) is 0 Å². The average Bonchev–Trinajstić information content (AvgIpc) is 2.65. The Hall–Kier alpha value is -1.06. The lowest BCUT2D eigenvalue weighted by Crippen LogP contribution is -2.30. The summed E-state index contributed by atoms with van der Waals surface area (Å²) in [6, 6.07) is 4.16. The topological polar surface area (TPSA) is 41.5 Å². The molecule has 1 fully saturated rings. The Bertz CT molecular complexity index is 390. The Morgan fingerprint density at radius 2 is 1.88 bits per heavy atom. The number of rotatable bonds is 2. The maximum atomic E-state index is 9.71. The first-order chi connectivity index (χ1) is 7.59. The van der Waals surface area contributed by atoms with Crippen LogP contribution in [0.4, 0.5) is 0 Å². The van der Waals surface area contributed by atoms with Crippen molar-refractivity contribution in [2.24, 2.45) is 0 Å². The Balaban J connectivity index is 2.23. The number of aryl methyl sites for hydroxylation is 2. The molecule has 0 bridgehead atoms. The van der Waals surface area contributed by atoms with Gasteiger partial charge in [-0.2, -0.15) is 0 Å². The molecule has 3 nitrogen and oxygen atoms in total. The quantitative estimate of drug-likeness (QED) is 0.791. The van der Waals surface area contributed by atoms with Crippen LogP contribution < -0.4 is 10.1 Å². The molecule has 0 amide bonds. The highest BCUT2D eigenvalue weighted by Crippen LogP contribution is 2.27. The standard InChI is InChI=1S/C13H19NO2/c1-8-4-5-9(2)13(10(8)3)16-12-7-14-6-11(12)15/h4-5,11-12,14-15H,6-7H2,1-3H3/t11-,12-/m0/s1. The predicted molar refractivity (Wildman–Crippen MR) is 63.9 cm³/mol. The van der Waals surface area contributed by atoms with Gasteiger partial charge >= 0.3 is 0 Å². The predicted octanol–water partition coefficient (Wildman–Crippen LogP) is 1.32. The molecule has 1 aromatic rings. The summed E-state index contributed by atoms with van der Waals surface area (Å²) in [5.41, 5.74) is 3.52. The minimum Gasteiger partial charge on any atom is -0.486 e. The van der Waals surface area contributed by atoms with Crippen LogP contribution in [-0.4, -0.2) is 30.4 Å². The van der Waals surface area contributed by atoms with Gasteiger partial charge in [-0.15, -0.1) is 0 Å². The van der Waals surface area contributed by atoms with Gasteiger partial charge in [0.25, 0.3) is 0 Å². The minimum atomic E-state index is -0.403. The van der Waals surface area contributed by atoms with Gasteiger partial charge in [0, 0.05) is 13.1 Å². The van der Waals surface area contributed by atoms with E-state index in [0.717, 1.165) is 11.3 Å². The first kappa shape index (κ1) is 11.4. The molecule has 0 aliphatic carbocycles. The molecule has 1 heterocycles. The van der Waals surface area contributed by atoms with Crippen molar-refractivity contribution in [2.45, 2.75) is 33.0 Å². The fourth-order valence-corrected chi connectivity index (χ4v) is 2.02. The first-order valence-corrected chi connectivity index (χ1v) is 5.72. The molecule has 88 valence electrons. The van der Waals surface area contributed by atoms with Crippen LogP contribution in [0.3, 0.4) is 0 Å². The number of aliphatic hydroxyl groups excluding tert-OH is 1. The minimum absolute atomic E-state index is 0.126. The highest BCUT2D eigenvalue weighted by Gasteiger charge is 2.27. The van der Waals surface area contributed by atoms with Crippen molar-refractivity contribution in [3.63, 3.8) is 0 Å². The van der Waals surface area contributed by atoms with Crippen molar-refractivity contribution in [3.8, 4) is 5.75 Å². The Kier molecular flexibility index (Phi) is 3.17. The number of aliphatic hydroxyl groups is 1. The van der Waals surface area contributed by atoms with Crippen LogP contribution in [0.2, 0.25) is 0 Å². The van der Waals surface area contributed by atoms with Gasteiger partial charge in [-0.1, -0.05) is 12.1 Å². The van der Waals surface area contributed by atoms with Crippen molar-refractivity contribution in [3.05, 3.63) is 28.8 Å². The van der Waals surface area contributed by atoms with Gasteiger partial charge in [0.1, 0.15) is 18.0 Å². The zero-order valence-corrected chi connectivity index (χ0v) is 10.1. The van der Waals surface area contributed by atoms with Gasteiger partial charge in [0.15, 0.2) is 0 Å². The third-order valence-electron chi connectivity index (χ3n) is 3.27. The van der Waals surface area contributed by atoms with Gasteiger partial charge in [-0.3, -0.25) is 0 Å². The summed E-state index contributed by atoms with van der Waals surface area (Å²) in [7, 11) is 0. The van der Waals surface area contributed by atoms with Crippen molar-refractivity contribution in [1.29, 1.82) is 0 Å². The fourth-order valence-electron chi connectivity index (χ4n) is 2.02. The molecule has 2 N–H and O–H groups in total. The SMILES string of the molecule is Cc1ccc(C)c(O[C@H]2CNC[C@@H]2O)c1C. The average molecular weight is 221 g/mol. The van der Waals surface area contributed by atoms with E-state index in [2.05, 4.69) is 31.3 Å². The van der Waals surface area contributed by atoms with Crippen LogP contribution in [0.1, 0.15) is 16.7 Å². The normalized spacial score (nSPS) is 24.8.